The molecule has 11 heteroatoms. The predicted molar refractivity (Wildman–Crippen MR) is 241 cm³/mol. The van der Waals surface area contributed by atoms with Gasteiger partial charge < -0.3 is 10.2 Å². The highest BCUT2D eigenvalue weighted by Gasteiger charge is 2.60. The Kier molecular flexibility index (Phi) is 12.3. The lowest BCUT2D eigenvalue weighted by Gasteiger charge is -2.56. The number of aromatic nitrogens is 4. The first-order valence-corrected chi connectivity index (χ1v) is 27.2. The number of carbonyl (C=O) groups is 2. The molecule has 17 atom stereocenters. The summed E-state index contributed by atoms with van der Waals surface area (Å²) in [5.41, 5.74) is -0.598. The first kappa shape index (κ1) is 44.4. The standard InChI is InChI=1S/C25H38N2O3S.C25H38N2O2S/c1-24(29)10-8-18-16(12-24)4-5-20-19(18)9-11-25(2)21(20)6-7-22(25)23(28)15-27-14-17(13-26-27)31(3)30;1-24(29)11-8-17-16(14-24)4-5-19-18(17)9-12-25(2)20(19)6-7-21(25)22(28)15-27-13-10-23(26-27)30-3/h13-14,16,18-22,29H,4-12,15H2,1-3H3;10,13,16-21,29H,4-9,11-12,14-15H2,1-3H3/t16-,18+,19-,20-,21+,22-,24-,25+,31?;16-,17+,18-,19-,20+,21-,24-,25+/m11/s1. The molecule has 10 rings (SSSR count). The molecular formula is C50H76N4O5S2. The lowest BCUT2D eigenvalue weighted by Crippen LogP contribution is -2.51. The third kappa shape index (κ3) is 8.36. The number of hydrogen-bond acceptors (Lipinski definition) is 8. The Bertz CT molecular complexity index is 1960. The number of nitrogens with zero attached hydrogens (tertiary/aromatic N) is 4. The Balaban J connectivity index is 0.000000156. The molecular weight excluding hydrogens is 801 g/mol. The van der Waals surface area contributed by atoms with E-state index >= 15 is 0 Å². The Morgan fingerprint density at radius 1 is 0.689 bits per heavy atom. The highest BCUT2D eigenvalue weighted by Crippen LogP contribution is 2.66. The van der Waals surface area contributed by atoms with Gasteiger partial charge in [-0.25, -0.2) is 0 Å². The minimum Gasteiger partial charge on any atom is -0.390 e. The second-order valence-electron chi connectivity index (χ2n) is 23.0. The molecule has 0 aliphatic heterocycles. The average Bonchev–Trinajstić information content (AvgIpc) is 4.02. The van der Waals surface area contributed by atoms with E-state index in [-0.39, 0.29) is 22.7 Å². The first-order valence-electron chi connectivity index (χ1n) is 24.4. The van der Waals surface area contributed by atoms with Crippen LogP contribution in [0, 0.1) is 81.8 Å². The number of hydrogen-bond donors (Lipinski definition) is 2. The molecule has 2 aromatic rings. The maximum Gasteiger partial charge on any atom is 0.157 e. The molecule has 2 N–H and O–H groups in total. The third-order valence-corrected chi connectivity index (χ3v) is 21.2. The van der Waals surface area contributed by atoms with Crippen molar-refractivity contribution >= 4 is 34.1 Å². The van der Waals surface area contributed by atoms with E-state index in [2.05, 4.69) is 24.0 Å². The van der Waals surface area contributed by atoms with Crippen LogP contribution in [-0.2, 0) is 33.5 Å². The molecule has 8 fully saturated rings. The van der Waals surface area contributed by atoms with Crippen molar-refractivity contribution in [3.05, 3.63) is 24.7 Å². The summed E-state index contributed by atoms with van der Waals surface area (Å²) in [5.74, 6) is 8.66. The van der Waals surface area contributed by atoms with Gasteiger partial charge in [0.2, 0.25) is 0 Å². The maximum atomic E-state index is 13.3. The van der Waals surface area contributed by atoms with Gasteiger partial charge >= 0.3 is 0 Å². The third-order valence-electron chi connectivity index (χ3n) is 19.7. The molecule has 61 heavy (non-hydrogen) atoms. The van der Waals surface area contributed by atoms with Crippen molar-refractivity contribution in [1.29, 1.82) is 0 Å². The van der Waals surface area contributed by atoms with Crippen molar-refractivity contribution < 1.29 is 24.0 Å². The zero-order valence-electron chi connectivity index (χ0n) is 38.1. The van der Waals surface area contributed by atoms with E-state index < -0.39 is 22.0 Å². The van der Waals surface area contributed by atoms with Crippen LogP contribution in [0.1, 0.15) is 143 Å². The molecule has 0 radical (unpaired) electrons. The van der Waals surface area contributed by atoms with Gasteiger partial charge in [0.1, 0.15) is 5.03 Å². The second kappa shape index (κ2) is 16.9. The Morgan fingerprint density at radius 2 is 1.18 bits per heavy atom. The lowest BCUT2D eigenvalue weighted by atomic mass is 9.49. The summed E-state index contributed by atoms with van der Waals surface area (Å²) in [5, 5.41) is 31.0. The van der Waals surface area contributed by atoms with Crippen molar-refractivity contribution in [2.45, 2.75) is 177 Å². The summed E-state index contributed by atoms with van der Waals surface area (Å²) in [6, 6.07) is 2.00. The second-order valence-corrected chi connectivity index (χ2v) is 25.2. The monoisotopic (exact) mass is 877 g/mol. The molecule has 8 saturated carbocycles. The van der Waals surface area contributed by atoms with Crippen LogP contribution in [0.3, 0.4) is 0 Å². The summed E-state index contributed by atoms with van der Waals surface area (Å²) in [6.45, 7) is 9.65. The number of aliphatic hydroxyl groups is 2. The predicted octanol–water partition coefficient (Wildman–Crippen LogP) is 9.40. The number of thioether (sulfide) groups is 1. The van der Waals surface area contributed by atoms with Gasteiger partial charge in [-0.3, -0.25) is 23.2 Å². The molecule has 8 aliphatic carbocycles. The number of fused-ring (bicyclic) bond motifs is 10. The highest BCUT2D eigenvalue weighted by molar-refractivity contribution is 7.98. The van der Waals surface area contributed by atoms with Gasteiger partial charge in [0.25, 0.3) is 0 Å². The molecule has 0 spiro atoms. The fourth-order valence-electron chi connectivity index (χ4n) is 16.9. The Morgan fingerprint density at radius 3 is 1.64 bits per heavy atom. The Hall–Kier alpha value is -1.82. The fourth-order valence-corrected chi connectivity index (χ4v) is 17.7. The van der Waals surface area contributed by atoms with Gasteiger partial charge in [0.05, 0.1) is 46.2 Å². The van der Waals surface area contributed by atoms with Crippen LogP contribution in [0.25, 0.3) is 0 Å². The van der Waals surface area contributed by atoms with Crippen LogP contribution in [0.2, 0.25) is 0 Å². The molecule has 0 amide bonds. The van der Waals surface area contributed by atoms with Crippen LogP contribution < -0.4 is 0 Å². The molecule has 2 aromatic heterocycles. The molecule has 2 heterocycles. The van der Waals surface area contributed by atoms with Crippen molar-refractivity contribution in [1.82, 2.24) is 19.6 Å². The van der Waals surface area contributed by atoms with E-state index in [0.29, 0.717) is 47.3 Å². The normalized spacial score (nSPS) is 45.4. The Labute approximate surface area is 372 Å². The van der Waals surface area contributed by atoms with Crippen LogP contribution >= 0.6 is 11.8 Å². The summed E-state index contributed by atoms with van der Waals surface area (Å²) in [6.07, 6.45) is 29.9. The highest BCUT2D eigenvalue weighted by atomic mass is 32.2. The number of rotatable bonds is 8. The summed E-state index contributed by atoms with van der Waals surface area (Å²) in [7, 11) is -1.06. The van der Waals surface area contributed by atoms with Crippen molar-refractivity contribution in [2.75, 3.05) is 12.5 Å². The van der Waals surface area contributed by atoms with Gasteiger partial charge in [-0.2, -0.15) is 10.2 Å². The molecule has 338 valence electrons. The van der Waals surface area contributed by atoms with Crippen LogP contribution in [0.4, 0.5) is 0 Å². The van der Waals surface area contributed by atoms with Gasteiger partial charge in [-0.1, -0.05) is 13.8 Å². The number of ketones is 2. The van der Waals surface area contributed by atoms with E-state index in [1.54, 1.807) is 35.1 Å². The molecule has 0 saturated heterocycles. The van der Waals surface area contributed by atoms with E-state index in [9.17, 15) is 24.0 Å². The van der Waals surface area contributed by atoms with Crippen molar-refractivity contribution in [3.63, 3.8) is 0 Å². The largest absolute Gasteiger partial charge is 0.390 e. The zero-order chi connectivity index (χ0) is 43.1. The van der Waals surface area contributed by atoms with E-state index in [1.807, 2.05) is 37.0 Å². The van der Waals surface area contributed by atoms with Crippen molar-refractivity contribution in [2.24, 2.45) is 81.8 Å². The van der Waals surface area contributed by atoms with Gasteiger partial charge in [-0.05, 0) is 212 Å². The van der Waals surface area contributed by atoms with Crippen LogP contribution in [0.15, 0.2) is 34.6 Å². The quantitative estimate of drug-likeness (QED) is 0.251. The number of Topliss-reactive ketones (excluding diaryl/α,β-unsaturated/α-hetero) is 2. The van der Waals surface area contributed by atoms with Crippen molar-refractivity contribution in [3.8, 4) is 0 Å². The van der Waals surface area contributed by atoms with Gasteiger partial charge in [0.15, 0.2) is 11.6 Å². The SMILES string of the molecule is CS(=O)c1cnn(CC(=O)[C@H]2CC[C@H]3[C@@H]4CC[C@@H]5C[C@](C)(O)CC[C@@H]5[C@H]4CC[C@]23C)c1.CSc1ccn(CC(=O)[C@H]2CC[C@H]3[C@@H]4CC[C@@H]5C[C@](C)(O)CC[C@@H]5[C@H]4CC[C@]23C)n1. The van der Waals surface area contributed by atoms with E-state index in [1.165, 1.54) is 70.6 Å². The van der Waals surface area contributed by atoms with Crippen LogP contribution in [-0.4, -0.2) is 69.3 Å². The van der Waals surface area contributed by atoms with E-state index in [4.69, 9.17) is 0 Å². The van der Waals surface area contributed by atoms with Gasteiger partial charge in [0, 0.05) is 30.5 Å². The lowest BCUT2D eigenvalue weighted by molar-refractivity contribution is -0.133. The molecule has 8 aliphatic rings. The maximum absolute atomic E-state index is 13.3. The first-order chi connectivity index (χ1) is 29.0. The molecule has 0 aromatic carbocycles. The molecule has 1 unspecified atom stereocenters. The molecule has 0 bridgehead atoms. The summed E-state index contributed by atoms with van der Waals surface area (Å²) >= 11 is 1.63. The zero-order valence-corrected chi connectivity index (χ0v) is 39.7. The summed E-state index contributed by atoms with van der Waals surface area (Å²) < 4.78 is 15.2. The van der Waals surface area contributed by atoms with E-state index in [0.717, 1.165) is 91.4 Å². The van der Waals surface area contributed by atoms with Crippen LogP contribution in [0.5, 0.6) is 0 Å². The minimum atomic E-state index is -1.06. The smallest absolute Gasteiger partial charge is 0.157 e. The number of carbonyl (C=O) groups excluding carboxylic acids is 2. The topological polar surface area (TPSA) is 127 Å². The van der Waals surface area contributed by atoms with Gasteiger partial charge in [-0.15, -0.1) is 11.8 Å². The average molecular weight is 877 g/mol. The summed E-state index contributed by atoms with van der Waals surface area (Å²) in [4.78, 5) is 27.4. The minimum absolute atomic E-state index is 0.120. The molecule has 9 nitrogen and oxygen atoms in total. The fraction of sp³-hybridized carbons (Fsp3) is 0.840.